The average molecular weight is 274 g/mol. The molecule has 2 heteroatoms. The summed E-state index contributed by atoms with van der Waals surface area (Å²) >= 11 is 4.53. The van der Waals surface area contributed by atoms with Gasteiger partial charge in [-0.2, -0.15) is 0 Å². The first kappa shape index (κ1) is 13.6. The summed E-state index contributed by atoms with van der Waals surface area (Å²) in [7, 11) is 0.715. The third kappa shape index (κ3) is 2.96. The minimum absolute atomic E-state index is 0.715. The van der Waals surface area contributed by atoms with E-state index in [2.05, 4.69) is 70.7 Å². The zero-order valence-electron chi connectivity index (χ0n) is 11.3. The summed E-state index contributed by atoms with van der Waals surface area (Å²) in [5, 5.41) is 2.84. The number of thiol groups is 1. The van der Waals surface area contributed by atoms with Crippen LogP contribution in [0.4, 0.5) is 0 Å². The molecule has 2 rings (SSSR count). The molecular weight excluding hydrogens is 255 g/mol. The zero-order valence-corrected chi connectivity index (χ0v) is 13.2. The van der Waals surface area contributed by atoms with E-state index in [1.165, 1.54) is 32.9 Å². The Labute approximate surface area is 117 Å². The molecule has 0 saturated heterocycles. The average Bonchev–Trinajstić information content (AvgIpc) is 2.30. The highest BCUT2D eigenvalue weighted by molar-refractivity contribution is 7.80. The molecule has 1 unspecified atom stereocenters. The van der Waals surface area contributed by atoms with Crippen LogP contribution in [-0.2, 0) is 0 Å². The molecule has 0 spiro atoms. The van der Waals surface area contributed by atoms with Crippen molar-refractivity contribution in [1.82, 2.24) is 0 Å². The lowest BCUT2D eigenvalue weighted by Crippen LogP contribution is -2.10. The molecule has 0 aliphatic heterocycles. The van der Waals surface area contributed by atoms with Gasteiger partial charge in [-0.25, -0.2) is 0 Å². The Bertz CT molecular complexity index is 588. The van der Waals surface area contributed by atoms with Crippen LogP contribution in [0.15, 0.2) is 35.2 Å². The van der Waals surface area contributed by atoms with Crippen LogP contribution >= 0.6 is 21.2 Å². The first-order chi connectivity index (χ1) is 8.47. The predicted molar refractivity (Wildman–Crippen MR) is 86.7 cm³/mol. The van der Waals surface area contributed by atoms with Crippen LogP contribution in [0.25, 0.3) is 0 Å². The van der Waals surface area contributed by atoms with Crippen molar-refractivity contribution in [3.8, 4) is 0 Å². The third-order valence-corrected chi connectivity index (χ3v) is 5.30. The summed E-state index contributed by atoms with van der Waals surface area (Å²) in [5.41, 5.74) is 5.33. The molecule has 0 bridgehead atoms. The van der Waals surface area contributed by atoms with E-state index >= 15 is 0 Å². The Morgan fingerprint density at radius 3 is 2.17 bits per heavy atom. The van der Waals surface area contributed by atoms with Gasteiger partial charge in [0.2, 0.25) is 0 Å². The van der Waals surface area contributed by atoms with Crippen molar-refractivity contribution < 1.29 is 0 Å². The maximum absolute atomic E-state index is 4.53. The van der Waals surface area contributed by atoms with Crippen molar-refractivity contribution in [1.29, 1.82) is 0 Å². The predicted octanol–water partition coefficient (Wildman–Crippen LogP) is 3.84. The second-order valence-corrected chi connectivity index (χ2v) is 6.71. The normalized spacial score (nSPS) is 11.4. The van der Waals surface area contributed by atoms with Gasteiger partial charge in [0.1, 0.15) is 0 Å². The van der Waals surface area contributed by atoms with E-state index in [1.54, 1.807) is 0 Å². The van der Waals surface area contributed by atoms with E-state index in [0.29, 0.717) is 8.58 Å². The fraction of sp³-hybridized carbons (Fsp3) is 0.250. The summed E-state index contributed by atoms with van der Waals surface area (Å²) in [5.74, 6) is 0. The second kappa shape index (κ2) is 5.47. The summed E-state index contributed by atoms with van der Waals surface area (Å²) in [6, 6.07) is 11.1. The first-order valence-corrected chi connectivity index (χ1v) is 7.56. The lowest BCUT2D eigenvalue weighted by atomic mass is 10.1. The molecule has 0 amide bonds. The molecular formula is C16H19PS. The molecule has 0 heterocycles. The topological polar surface area (TPSA) is 0 Å². The number of rotatable bonds is 2. The van der Waals surface area contributed by atoms with Gasteiger partial charge >= 0.3 is 0 Å². The highest BCUT2D eigenvalue weighted by Gasteiger charge is 2.06. The van der Waals surface area contributed by atoms with Crippen LogP contribution in [-0.4, -0.2) is 0 Å². The second-order valence-electron chi connectivity index (χ2n) is 4.90. The van der Waals surface area contributed by atoms with Crippen molar-refractivity contribution >= 4 is 31.8 Å². The molecule has 0 fully saturated rings. The Kier molecular flexibility index (Phi) is 4.14. The standard InChI is InChI=1S/C16H19PS/c1-10-5-6-11(2)14(7-10)17-15-9-16(18)13(4)8-12(15)3/h5-9,17-18H,1-4H3. The maximum atomic E-state index is 4.53. The van der Waals surface area contributed by atoms with E-state index < -0.39 is 0 Å². The lowest BCUT2D eigenvalue weighted by molar-refractivity contribution is 1.29. The van der Waals surface area contributed by atoms with Gasteiger partial charge in [-0.15, -0.1) is 12.6 Å². The van der Waals surface area contributed by atoms with Gasteiger partial charge in [0.05, 0.1) is 0 Å². The molecule has 1 atom stereocenters. The summed E-state index contributed by atoms with van der Waals surface area (Å²) in [6.45, 7) is 8.64. The van der Waals surface area contributed by atoms with Crippen molar-refractivity contribution in [2.75, 3.05) is 0 Å². The number of benzene rings is 2. The Morgan fingerprint density at radius 1 is 0.778 bits per heavy atom. The molecule has 0 N–H and O–H groups in total. The van der Waals surface area contributed by atoms with E-state index in [1.807, 2.05) is 0 Å². The van der Waals surface area contributed by atoms with Crippen LogP contribution in [0.2, 0.25) is 0 Å². The molecule has 0 nitrogen and oxygen atoms in total. The Morgan fingerprint density at radius 2 is 1.44 bits per heavy atom. The fourth-order valence-corrected chi connectivity index (χ4v) is 3.66. The third-order valence-electron chi connectivity index (χ3n) is 3.21. The van der Waals surface area contributed by atoms with Crippen molar-refractivity contribution in [3.05, 3.63) is 52.6 Å². The summed E-state index contributed by atoms with van der Waals surface area (Å²) in [4.78, 5) is 1.09. The fourth-order valence-electron chi connectivity index (χ4n) is 1.99. The van der Waals surface area contributed by atoms with Crippen molar-refractivity contribution in [2.24, 2.45) is 0 Å². The van der Waals surface area contributed by atoms with Crippen LogP contribution < -0.4 is 10.6 Å². The van der Waals surface area contributed by atoms with E-state index in [4.69, 9.17) is 0 Å². The van der Waals surface area contributed by atoms with Gasteiger partial charge in [-0.1, -0.05) is 38.4 Å². The van der Waals surface area contributed by atoms with Crippen molar-refractivity contribution in [3.63, 3.8) is 0 Å². The molecule has 2 aromatic carbocycles. The van der Waals surface area contributed by atoms with Gasteiger partial charge < -0.3 is 0 Å². The SMILES string of the molecule is Cc1ccc(C)c(Pc2cc(S)c(C)cc2C)c1. The van der Waals surface area contributed by atoms with Crippen LogP contribution in [0.3, 0.4) is 0 Å². The zero-order chi connectivity index (χ0) is 13.3. The van der Waals surface area contributed by atoms with E-state index in [9.17, 15) is 0 Å². The minimum atomic E-state index is 0.715. The summed E-state index contributed by atoms with van der Waals surface area (Å²) < 4.78 is 0. The number of hydrogen-bond acceptors (Lipinski definition) is 1. The highest BCUT2D eigenvalue weighted by atomic mass is 32.1. The smallest absolute Gasteiger partial charge is 0.00757 e. The molecule has 0 saturated carbocycles. The Balaban J connectivity index is 2.40. The molecule has 0 aliphatic rings. The Hall–Kier alpha value is -0.780. The first-order valence-electron chi connectivity index (χ1n) is 6.12. The van der Waals surface area contributed by atoms with Gasteiger partial charge in [-0.05, 0) is 61.1 Å². The summed E-state index contributed by atoms with van der Waals surface area (Å²) in [6.07, 6.45) is 0. The van der Waals surface area contributed by atoms with Crippen LogP contribution in [0.1, 0.15) is 22.3 Å². The van der Waals surface area contributed by atoms with Crippen LogP contribution in [0.5, 0.6) is 0 Å². The number of aryl methyl sites for hydroxylation is 4. The largest absolute Gasteiger partial charge is 0.143 e. The molecule has 2 aromatic rings. The molecule has 94 valence electrons. The van der Waals surface area contributed by atoms with Gasteiger partial charge in [0, 0.05) is 4.90 Å². The quantitative estimate of drug-likeness (QED) is 0.624. The molecule has 0 radical (unpaired) electrons. The van der Waals surface area contributed by atoms with Gasteiger partial charge in [0.25, 0.3) is 0 Å². The monoisotopic (exact) mass is 274 g/mol. The van der Waals surface area contributed by atoms with Gasteiger partial charge in [0.15, 0.2) is 0 Å². The minimum Gasteiger partial charge on any atom is -0.143 e. The molecule has 0 aliphatic carbocycles. The van der Waals surface area contributed by atoms with Crippen LogP contribution in [0, 0.1) is 27.7 Å². The van der Waals surface area contributed by atoms with Crippen molar-refractivity contribution in [2.45, 2.75) is 32.6 Å². The lowest BCUT2D eigenvalue weighted by Gasteiger charge is -2.12. The van der Waals surface area contributed by atoms with E-state index in [-0.39, 0.29) is 0 Å². The highest BCUT2D eigenvalue weighted by Crippen LogP contribution is 2.21. The number of hydrogen-bond donors (Lipinski definition) is 1. The maximum Gasteiger partial charge on any atom is 0.00757 e. The molecule has 18 heavy (non-hydrogen) atoms. The van der Waals surface area contributed by atoms with Gasteiger partial charge in [-0.3, -0.25) is 0 Å². The van der Waals surface area contributed by atoms with E-state index in [0.717, 1.165) is 4.90 Å². The molecule has 0 aromatic heterocycles.